The molecule has 0 amide bonds. The molecular weight excluding hydrogens is 354 g/mol. The van der Waals surface area contributed by atoms with E-state index in [1.54, 1.807) is 12.6 Å². The largest absolute Gasteiger partial charge is 0.271 e. The van der Waals surface area contributed by atoms with E-state index in [0.29, 0.717) is 11.0 Å². The van der Waals surface area contributed by atoms with Gasteiger partial charge in [-0.1, -0.05) is 26.7 Å². The minimum atomic E-state index is 0.555. The normalized spacial score (nSPS) is 43.8. The van der Waals surface area contributed by atoms with E-state index in [1.165, 1.54) is 64.2 Å². The van der Waals surface area contributed by atoms with Gasteiger partial charge < -0.3 is 0 Å². The molecule has 0 aromatic carbocycles. The summed E-state index contributed by atoms with van der Waals surface area (Å²) in [6.45, 7) is 6.03. The van der Waals surface area contributed by atoms with E-state index in [9.17, 15) is 0 Å². The zero-order valence-corrected chi connectivity index (χ0v) is 18.5. The highest BCUT2D eigenvalue weighted by Gasteiger charge is 2.56. The predicted octanol–water partition coefficient (Wildman–Crippen LogP) is 6.44. The van der Waals surface area contributed by atoms with Gasteiger partial charge in [0.1, 0.15) is 6.07 Å². The highest BCUT2D eigenvalue weighted by Crippen LogP contribution is 2.65. The summed E-state index contributed by atoms with van der Waals surface area (Å²) < 4.78 is 2.00. The minimum absolute atomic E-state index is 0.555. The molecule has 7 unspecified atom stereocenters. The molecule has 1 aromatic heterocycles. The van der Waals surface area contributed by atoms with Crippen molar-refractivity contribution in [2.75, 3.05) is 0 Å². The summed E-state index contributed by atoms with van der Waals surface area (Å²) in [4.78, 5) is 0. The maximum atomic E-state index is 9.04. The summed E-state index contributed by atoms with van der Waals surface area (Å²) in [5.74, 6) is 7.04. The Bertz CT molecular complexity index is 760. The first-order valence-corrected chi connectivity index (χ1v) is 12.5. The van der Waals surface area contributed by atoms with Gasteiger partial charge in [-0.05, 0) is 105 Å². The van der Waals surface area contributed by atoms with Crippen LogP contribution in [-0.2, 0) is 6.54 Å². The fourth-order valence-corrected chi connectivity index (χ4v) is 8.74. The highest BCUT2D eigenvalue weighted by molar-refractivity contribution is 5.21. The Morgan fingerprint density at radius 2 is 1.97 bits per heavy atom. The molecule has 0 saturated heterocycles. The summed E-state index contributed by atoms with van der Waals surface area (Å²) in [5, 5.41) is 13.4. The van der Waals surface area contributed by atoms with Gasteiger partial charge in [-0.15, -0.1) is 0 Å². The Morgan fingerprint density at radius 1 is 1.10 bits per heavy atom. The quantitative estimate of drug-likeness (QED) is 0.590. The molecule has 3 nitrogen and oxygen atoms in total. The van der Waals surface area contributed by atoms with Crippen molar-refractivity contribution in [3.63, 3.8) is 0 Å². The van der Waals surface area contributed by atoms with E-state index >= 15 is 0 Å². The van der Waals surface area contributed by atoms with Crippen molar-refractivity contribution in [3.05, 3.63) is 18.0 Å². The van der Waals surface area contributed by atoms with E-state index in [2.05, 4.69) is 25.0 Å². The molecule has 1 aromatic rings. The first-order valence-electron chi connectivity index (χ1n) is 12.5. The number of fused-ring (bicyclic) bond motifs is 5. The molecular formula is C26H39N3. The molecule has 4 fully saturated rings. The van der Waals surface area contributed by atoms with Crippen LogP contribution >= 0.6 is 0 Å². The van der Waals surface area contributed by atoms with E-state index < -0.39 is 0 Å². The first kappa shape index (κ1) is 19.7. The van der Waals surface area contributed by atoms with Gasteiger partial charge in [-0.2, -0.15) is 10.4 Å². The van der Waals surface area contributed by atoms with Gasteiger partial charge in [0.05, 0.1) is 11.8 Å². The van der Waals surface area contributed by atoms with E-state index in [-0.39, 0.29) is 0 Å². The van der Waals surface area contributed by atoms with Crippen LogP contribution in [0.1, 0.15) is 90.0 Å². The average Bonchev–Trinajstić information content (AvgIpc) is 3.35. The van der Waals surface area contributed by atoms with Crippen LogP contribution in [0.4, 0.5) is 0 Å². The number of nitriles is 1. The maximum absolute atomic E-state index is 9.04. The summed E-state index contributed by atoms with van der Waals surface area (Å²) in [6, 6.07) is 2.20. The number of aryl methyl sites for hydroxylation is 1. The molecule has 4 aliphatic carbocycles. The average molecular weight is 394 g/mol. The Balaban J connectivity index is 1.25. The van der Waals surface area contributed by atoms with Crippen LogP contribution in [0.25, 0.3) is 0 Å². The van der Waals surface area contributed by atoms with Crippen LogP contribution < -0.4 is 0 Å². The van der Waals surface area contributed by atoms with Gasteiger partial charge in [0.2, 0.25) is 0 Å². The maximum Gasteiger partial charge on any atom is 0.102 e. The number of hydrogen-bond acceptors (Lipinski definition) is 2. The van der Waals surface area contributed by atoms with Crippen molar-refractivity contribution >= 4 is 0 Å². The molecule has 0 aliphatic heterocycles. The fourth-order valence-electron chi connectivity index (χ4n) is 8.74. The molecule has 3 heteroatoms. The lowest BCUT2D eigenvalue weighted by atomic mass is 9.49. The van der Waals surface area contributed by atoms with Crippen LogP contribution in [0, 0.1) is 58.2 Å². The lowest BCUT2D eigenvalue weighted by Gasteiger charge is -2.56. The van der Waals surface area contributed by atoms with Gasteiger partial charge in [0.15, 0.2) is 0 Å². The molecule has 0 spiro atoms. The molecule has 0 radical (unpaired) electrons. The number of nitrogens with zero attached hydrogens (tertiary/aromatic N) is 3. The zero-order chi connectivity index (χ0) is 20.0. The van der Waals surface area contributed by atoms with E-state index in [4.69, 9.17) is 5.26 Å². The topological polar surface area (TPSA) is 41.6 Å². The molecule has 29 heavy (non-hydrogen) atoms. The Kier molecular flexibility index (Phi) is 5.25. The third-order valence-corrected chi connectivity index (χ3v) is 10.3. The lowest BCUT2D eigenvalue weighted by Crippen LogP contribution is -2.48. The Labute approximate surface area is 177 Å². The Morgan fingerprint density at radius 3 is 2.76 bits per heavy atom. The standard InChI is InChI=1S/C26H39N3/c1-3-18-4-7-22-20(14-18)5-8-24-23(22)10-12-26(2)21(6-9-25(24)26)11-13-29-17-19(15-27)16-28-29/h16-18,20-25H,3-14H2,1-2H3/t18-,20?,21?,22?,23?,24?,25?,26?/m0/s1. The summed E-state index contributed by atoms with van der Waals surface area (Å²) in [6.07, 6.45) is 19.8. The van der Waals surface area contributed by atoms with Crippen molar-refractivity contribution < 1.29 is 0 Å². The van der Waals surface area contributed by atoms with E-state index in [1.807, 2.05) is 10.9 Å². The third-order valence-electron chi connectivity index (χ3n) is 10.3. The monoisotopic (exact) mass is 393 g/mol. The number of hydrogen-bond donors (Lipinski definition) is 0. The SMILES string of the molecule is CC[C@H]1CCC2C(CCC3C2CCC2(C)C(CCn4cc(C#N)cn4)CCC32)C1. The number of rotatable bonds is 4. The minimum Gasteiger partial charge on any atom is -0.271 e. The molecule has 5 rings (SSSR count). The second kappa shape index (κ2) is 7.75. The van der Waals surface area contributed by atoms with Gasteiger partial charge in [0.25, 0.3) is 0 Å². The van der Waals surface area contributed by atoms with Gasteiger partial charge in [-0.25, -0.2) is 0 Å². The van der Waals surface area contributed by atoms with Crippen molar-refractivity contribution in [3.8, 4) is 6.07 Å². The van der Waals surface area contributed by atoms with Crippen LogP contribution in [0.5, 0.6) is 0 Å². The summed E-state index contributed by atoms with van der Waals surface area (Å²) >= 11 is 0. The summed E-state index contributed by atoms with van der Waals surface area (Å²) in [7, 11) is 0. The fraction of sp³-hybridized carbons (Fsp3) is 0.846. The zero-order valence-electron chi connectivity index (χ0n) is 18.5. The van der Waals surface area contributed by atoms with Gasteiger partial charge in [-0.3, -0.25) is 4.68 Å². The molecule has 158 valence electrons. The van der Waals surface area contributed by atoms with Crippen LogP contribution in [0.3, 0.4) is 0 Å². The lowest BCUT2D eigenvalue weighted by molar-refractivity contribution is -0.0692. The second-order valence-electron chi connectivity index (χ2n) is 11.2. The molecule has 4 aliphatic rings. The second-order valence-corrected chi connectivity index (χ2v) is 11.2. The van der Waals surface area contributed by atoms with Crippen molar-refractivity contribution in [2.24, 2.45) is 46.8 Å². The highest BCUT2D eigenvalue weighted by atomic mass is 15.3. The van der Waals surface area contributed by atoms with E-state index in [0.717, 1.165) is 48.0 Å². The molecule has 1 heterocycles. The van der Waals surface area contributed by atoms with Crippen LogP contribution in [0.15, 0.2) is 12.4 Å². The first-order chi connectivity index (χ1) is 14.1. The molecule has 4 saturated carbocycles. The predicted molar refractivity (Wildman–Crippen MR) is 116 cm³/mol. The van der Waals surface area contributed by atoms with Crippen molar-refractivity contribution in [2.45, 2.75) is 91.0 Å². The molecule has 0 N–H and O–H groups in total. The van der Waals surface area contributed by atoms with Crippen molar-refractivity contribution in [1.82, 2.24) is 9.78 Å². The van der Waals surface area contributed by atoms with Gasteiger partial charge >= 0.3 is 0 Å². The molecule has 0 bridgehead atoms. The molecule has 8 atom stereocenters. The summed E-state index contributed by atoms with van der Waals surface area (Å²) in [5.41, 5.74) is 1.25. The van der Waals surface area contributed by atoms with Crippen LogP contribution in [0.2, 0.25) is 0 Å². The Hall–Kier alpha value is -1.30. The van der Waals surface area contributed by atoms with Crippen LogP contribution in [-0.4, -0.2) is 9.78 Å². The number of aromatic nitrogens is 2. The third kappa shape index (κ3) is 3.35. The van der Waals surface area contributed by atoms with Crippen molar-refractivity contribution in [1.29, 1.82) is 5.26 Å². The smallest absolute Gasteiger partial charge is 0.102 e. The van der Waals surface area contributed by atoms with Gasteiger partial charge in [0, 0.05) is 12.7 Å².